The van der Waals surface area contributed by atoms with Crippen LogP contribution >= 0.6 is 11.3 Å². The number of carbonyl (C=O) groups excluding carboxylic acids is 1. The molecule has 0 radical (unpaired) electrons. The average Bonchev–Trinajstić information content (AvgIpc) is 3.07. The monoisotopic (exact) mass is 400 g/mol. The lowest BCUT2D eigenvalue weighted by Crippen LogP contribution is -2.15. The van der Waals surface area contributed by atoms with E-state index in [9.17, 15) is 13.2 Å². The number of ether oxygens (including phenoxy) is 1. The van der Waals surface area contributed by atoms with Crippen molar-refractivity contribution < 1.29 is 17.9 Å². The van der Waals surface area contributed by atoms with Gasteiger partial charge < -0.3 is 10.1 Å². The van der Waals surface area contributed by atoms with Crippen LogP contribution in [-0.2, 0) is 16.6 Å². The van der Waals surface area contributed by atoms with Gasteiger partial charge >= 0.3 is 0 Å². The highest BCUT2D eigenvalue weighted by atomic mass is 32.2. The number of primary sulfonamides is 1. The highest BCUT2D eigenvalue weighted by Gasteiger charge is 2.22. The molecule has 1 aromatic heterocycles. The SMILES string of the molecule is Cc1ccc(NC(=O)c2cc3c(s2)-c2ccccc2OC3)cc1S(N)(=O)=O. The first-order chi connectivity index (χ1) is 12.8. The number of para-hydroxylation sites is 1. The first-order valence-electron chi connectivity index (χ1n) is 8.12. The van der Waals surface area contributed by atoms with Crippen molar-refractivity contribution in [1.29, 1.82) is 0 Å². The third-order valence-electron chi connectivity index (χ3n) is 4.30. The number of hydrogen-bond acceptors (Lipinski definition) is 5. The number of benzene rings is 2. The maximum atomic E-state index is 12.7. The summed E-state index contributed by atoms with van der Waals surface area (Å²) in [4.78, 5) is 14.2. The lowest BCUT2D eigenvalue weighted by atomic mass is 10.1. The summed E-state index contributed by atoms with van der Waals surface area (Å²) in [5, 5.41) is 7.97. The van der Waals surface area contributed by atoms with Crippen LogP contribution in [0, 0.1) is 6.92 Å². The standard InChI is InChI=1S/C19H16N2O4S2/c1-11-6-7-13(9-17(11)27(20,23)24)21-19(22)16-8-12-10-25-15-5-3-2-4-14(15)18(12)26-16/h2-9H,10H2,1H3,(H,21,22)(H2,20,23,24). The van der Waals surface area contributed by atoms with Crippen molar-refractivity contribution in [2.75, 3.05) is 5.32 Å². The second-order valence-corrected chi connectivity index (χ2v) is 8.81. The minimum Gasteiger partial charge on any atom is -0.488 e. The average molecular weight is 400 g/mol. The molecule has 3 N–H and O–H groups in total. The third kappa shape index (κ3) is 3.34. The van der Waals surface area contributed by atoms with Crippen LogP contribution in [0.15, 0.2) is 53.4 Å². The molecule has 6 nitrogen and oxygen atoms in total. The number of anilines is 1. The van der Waals surface area contributed by atoms with Crippen LogP contribution in [-0.4, -0.2) is 14.3 Å². The van der Waals surface area contributed by atoms with Gasteiger partial charge in [0.1, 0.15) is 12.4 Å². The maximum Gasteiger partial charge on any atom is 0.265 e. The fourth-order valence-corrected chi connectivity index (χ4v) is 4.89. The van der Waals surface area contributed by atoms with Gasteiger partial charge in [0, 0.05) is 21.7 Å². The number of sulfonamides is 1. The predicted molar refractivity (Wildman–Crippen MR) is 105 cm³/mol. The van der Waals surface area contributed by atoms with Crippen molar-refractivity contribution in [3.8, 4) is 16.2 Å². The van der Waals surface area contributed by atoms with Crippen LogP contribution in [0.5, 0.6) is 5.75 Å². The van der Waals surface area contributed by atoms with Gasteiger partial charge in [-0.25, -0.2) is 13.6 Å². The number of nitrogens with two attached hydrogens (primary N) is 1. The molecule has 0 aliphatic carbocycles. The van der Waals surface area contributed by atoms with Crippen LogP contribution in [0.3, 0.4) is 0 Å². The molecule has 0 saturated heterocycles. The van der Waals surface area contributed by atoms with E-state index in [1.165, 1.54) is 17.4 Å². The summed E-state index contributed by atoms with van der Waals surface area (Å²) in [6, 6.07) is 14.1. The topological polar surface area (TPSA) is 98.5 Å². The van der Waals surface area contributed by atoms with Gasteiger partial charge in [0.25, 0.3) is 5.91 Å². The smallest absolute Gasteiger partial charge is 0.265 e. The number of thiophene rings is 1. The van der Waals surface area contributed by atoms with E-state index < -0.39 is 10.0 Å². The van der Waals surface area contributed by atoms with Gasteiger partial charge in [-0.1, -0.05) is 18.2 Å². The Labute approximate surface area is 160 Å². The molecule has 0 saturated carbocycles. The number of nitrogens with one attached hydrogen (secondary N) is 1. The Morgan fingerprint density at radius 3 is 2.74 bits per heavy atom. The van der Waals surface area contributed by atoms with E-state index in [-0.39, 0.29) is 10.8 Å². The summed E-state index contributed by atoms with van der Waals surface area (Å²) < 4.78 is 29.1. The quantitative estimate of drug-likeness (QED) is 0.703. The molecule has 1 aliphatic rings. The van der Waals surface area contributed by atoms with Gasteiger partial charge in [-0.05, 0) is 42.8 Å². The fraction of sp³-hybridized carbons (Fsp3) is 0.105. The summed E-state index contributed by atoms with van der Waals surface area (Å²) in [5.74, 6) is 0.492. The Kier molecular flexibility index (Phi) is 4.26. The van der Waals surface area contributed by atoms with E-state index in [1.807, 2.05) is 24.3 Å². The second kappa shape index (κ2) is 6.49. The number of carbonyl (C=O) groups is 1. The number of aryl methyl sites for hydroxylation is 1. The summed E-state index contributed by atoms with van der Waals surface area (Å²) in [6.45, 7) is 2.06. The molecule has 0 bridgehead atoms. The molecule has 0 unspecified atom stereocenters. The number of rotatable bonds is 3. The Hall–Kier alpha value is -2.68. The molecular formula is C19H16N2O4S2. The molecule has 0 fully saturated rings. The lowest BCUT2D eigenvalue weighted by Gasteiger charge is -2.16. The van der Waals surface area contributed by atoms with Crippen LogP contribution < -0.4 is 15.2 Å². The first kappa shape index (κ1) is 17.7. The van der Waals surface area contributed by atoms with Crippen molar-refractivity contribution in [1.82, 2.24) is 0 Å². The Morgan fingerprint density at radius 2 is 1.96 bits per heavy atom. The van der Waals surface area contributed by atoms with Crippen molar-refractivity contribution in [3.63, 3.8) is 0 Å². The molecule has 1 aliphatic heterocycles. The van der Waals surface area contributed by atoms with Crippen LogP contribution in [0.4, 0.5) is 5.69 Å². The van der Waals surface area contributed by atoms with E-state index in [0.717, 1.165) is 21.8 Å². The van der Waals surface area contributed by atoms with Crippen LogP contribution in [0.2, 0.25) is 0 Å². The Balaban J connectivity index is 1.64. The molecule has 4 rings (SSSR count). The van der Waals surface area contributed by atoms with Gasteiger partial charge in [-0.2, -0.15) is 0 Å². The number of hydrogen-bond donors (Lipinski definition) is 2. The number of fused-ring (bicyclic) bond motifs is 3. The van der Waals surface area contributed by atoms with E-state index in [0.29, 0.717) is 22.7 Å². The van der Waals surface area contributed by atoms with Crippen LogP contribution in [0.25, 0.3) is 10.4 Å². The second-order valence-electron chi connectivity index (χ2n) is 6.23. The fourth-order valence-electron chi connectivity index (χ4n) is 2.99. The maximum absolute atomic E-state index is 12.7. The molecule has 2 heterocycles. The molecule has 0 spiro atoms. The largest absolute Gasteiger partial charge is 0.488 e. The summed E-state index contributed by atoms with van der Waals surface area (Å²) in [5.41, 5.74) is 2.82. The van der Waals surface area contributed by atoms with Crippen molar-refractivity contribution in [3.05, 3.63) is 64.5 Å². The minimum atomic E-state index is -3.86. The van der Waals surface area contributed by atoms with E-state index in [1.54, 1.807) is 25.1 Å². The molecule has 138 valence electrons. The van der Waals surface area contributed by atoms with Crippen molar-refractivity contribution in [2.24, 2.45) is 5.14 Å². The normalized spacial score (nSPS) is 12.7. The zero-order valence-electron chi connectivity index (χ0n) is 14.4. The van der Waals surface area contributed by atoms with Crippen molar-refractivity contribution >= 4 is 33.0 Å². The molecule has 2 aromatic carbocycles. The highest BCUT2D eigenvalue weighted by Crippen LogP contribution is 2.42. The number of amides is 1. The van der Waals surface area contributed by atoms with Gasteiger partial charge in [-0.15, -0.1) is 11.3 Å². The predicted octanol–water partition coefficient (Wildman–Crippen LogP) is 3.52. The molecule has 8 heteroatoms. The zero-order chi connectivity index (χ0) is 19.2. The highest BCUT2D eigenvalue weighted by molar-refractivity contribution is 7.89. The summed E-state index contributed by atoms with van der Waals surface area (Å²) in [6.07, 6.45) is 0. The van der Waals surface area contributed by atoms with E-state index >= 15 is 0 Å². The summed E-state index contributed by atoms with van der Waals surface area (Å²) in [7, 11) is -3.86. The van der Waals surface area contributed by atoms with Gasteiger partial charge in [0.2, 0.25) is 10.0 Å². The van der Waals surface area contributed by atoms with Gasteiger partial charge in [-0.3, -0.25) is 4.79 Å². The summed E-state index contributed by atoms with van der Waals surface area (Å²) >= 11 is 1.38. The van der Waals surface area contributed by atoms with Gasteiger partial charge in [0.05, 0.1) is 9.77 Å². The Morgan fingerprint density at radius 1 is 1.19 bits per heavy atom. The van der Waals surface area contributed by atoms with E-state index in [4.69, 9.17) is 9.88 Å². The van der Waals surface area contributed by atoms with E-state index in [2.05, 4.69) is 5.32 Å². The third-order valence-corrected chi connectivity index (χ3v) is 6.56. The molecule has 27 heavy (non-hydrogen) atoms. The zero-order valence-corrected chi connectivity index (χ0v) is 16.0. The van der Waals surface area contributed by atoms with Crippen molar-refractivity contribution in [2.45, 2.75) is 18.4 Å². The molecule has 1 amide bonds. The minimum absolute atomic E-state index is 0.00639. The molecule has 3 aromatic rings. The Bertz CT molecular complexity index is 1170. The molecular weight excluding hydrogens is 384 g/mol. The molecule has 0 atom stereocenters. The first-order valence-corrected chi connectivity index (χ1v) is 10.5. The van der Waals surface area contributed by atoms with Gasteiger partial charge in [0.15, 0.2) is 0 Å². The van der Waals surface area contributed by atoms with Crippen LogP contribution in [0.1, 0.15) is 20.8 Å². The lowest BCUT2D eigenvalue weighted by molar-refractivity contribution is 0.103.